The van der Waals surface area contributed by atoms with Crippen LogP contribution in [0.25, 0.3) is 0 Å². The second-order valence-corrected chi connectivity index (χ2v) is 5.06. The van der Waals surface area contributed by atoms with Gasteiger partial charge in [-0.15, -0.1) is 0 Å². The summed E-state index contributed by atoms with van der Waals surface area (Å²) in [5.41, 5.74) is 1.43. The van der Waals surface area contributed by atoms with E-state index in [0.29, 0.717) is 10.2 Å². The summed E-state index contributed by atoms with van der Waals surface area (Å²) < 4.78 is 18.5. The third-order valence-electron chi connectivity index (χ3n) is 2.73. The number of carbonyl (C=O) groups excluding carboxylic acids is 1. The minimum Gasteiger partial charge on any atom is -0.497 e. The van der Waals surface area contributed by atoms with E-state index in [4.69, 9.17) is 4.74 Å². The molecule has 5 heteroatoms. The maximum atomic E-state index is 13.1. The highest BCUT2D eigenvalue weighted by atomic mass is 79.9. The van der Waals surface area contributed by atoms with Crippen molar-refractivity contribution in [3.63, 3.8) is 0 Å². The van der Waals surface area contributed by atoms with Gasteiger partial charge in [0.15, 0.2) is 0 Å². The lowest BCUT2D eigenvalue weighted by atomic mass is 10.1. The summed E-state index contributed by atoms with van der Waals surface area (Å²) in [6.07, 6.45) is 0.249. The lowest BCUT2D eigenvalue weighted by Gasteiger charge is -2.07. The lowest BCUT2D eigenvalue weighted by Crippen LogP contribution is -2.14. The summed E-state index contributed by atoms with van der Waals surface area (Å²) in [5, 5.41) is 2.72. The summed E-state index contributed by atoms with van der Waals surface area (Å²) in [6.45, 7) is 0. The molecule has 104 valence electrons. The zero-order valence-corrected chi connectivity index (χ0v) is 12.4. The predicted molar refractivity (Wildman–Crippen MR) is 79.4 cm³/mol. The number of halogens is 2. The number of amides is 1. The SMILES string of the molecule is COc1ccc(CC(=O)Nc2ccc(F)c(Br)c2)cc1. The first-order valence-electron chi connectivity index (χ1n) is 5.96. The van der Waals surface area contributed by atoms with Crippen LogP contribution in [0.1, 0.15) is 5.56 Å². The van der Waals surface area contributed by atoms with Crippen molar-refractivity contribution < 1.29 is 13.9 Å². The average molecular weight is 338 g/mol. The fourth-order valence-corrected chi connectivity index (χ4v) is 2.09. The van der Waals surface area contributed by atoms with E-state index in [0.717, 1.165) is 11.3 Å². The van der Waals surface area contributed by atoms with E-state index < -0.39 is 0 Å². The number of rotatable bonds is 4. The molecule has 0 bridgehead atoms. The monoisotopic (exact) mass is 337 g/mol. The highest BCUT2D eigenvalue weighted by Gasteiger charge is 2.06. The van der Waals surface area contributed by atoms with Gasteiger partial charge in [0, 0.05) is 5.69 Å². The molecule has 0 saturated carbocycles. The maximum Gasteiger partial charge on any atom is 0.228 e. The quantitative estimate of drug-likeness (QED) is 0.921. The van der Waals surface area contributed by atoms with Crippen LogP contribution in [-0.4, -0.2) is 13.0 Å². The van der Waals surface area contributed by atoms with Crippen molar-refractivity contribution in [2.45, 2.75) is 6.42 Å². The van der Waals surface area contributed by atoms with Gasteiger partial charge in [-0.2, -0.15) is 0 Å². The van der Waals surface area contributed by atoms with Crippen molar-refractivity contribution in [3.05, 3.63) is 58.3 Å². The first-order valence-corrected chi connectivity index (χ1v) is 6.75. The standard InChI is InChI=1S/C15H13BrFNO2/c1-20-12-5-2-10(3-6-12)8-15(19)18-11-4-7-14(17)13(16)9-11/h2-7,9H,8H2,1H3,(H,18,19). The van der Waals surface area contributed by atoms with Crippen molar-refractivity contribution >= 4 is 27.5 Å². The molecule has 0 saturated heterocycles. The van der Waals surface area contributed by atoms with Crippen LogP contribution in [-0.2, 0) is 11.2 Å². The normalized spacial score (nSPS) is 10.2. The Morgan fingerprint density at radius 1 is 1.25 bits per heavy atom. The van der Waals surface area contributed by atoms with Gasteiger partial charge in [-0.25, -0.2) is 4.39 Å². The third kappa shape index (κ3) is 3.81. The van der Waals surface area contributed by atoms with Gasteiger partial charge >= 0.3 is 0 Å². The number of nitrogens with one attached hydrogen (secondary N) is 1. The Labute approximate surface area is 124 Å². The number of carbonyl (C=O) groups is 1. The zero-order valence-electron chi connectivity index (χ0n) is 10.8. The molecule has 0 heterocycles. The van der Waals surface area contributed by atoms with Gasteiger partial charge < -0.3 is 10.1 Å². The maximum absolute atomic E-state index is 13.1. The van der Waals surface area contributed by atoms with Crippen molar-refractivity contribution in [2.75, 3.05) is 12.4 Å². The van der Waals surface area contributed by atoms with Gasteiger partial charge in [0.05, 0.1) is 18.0 Å². The summed E-state index contributed by atoms with van der Waals surface area (Å²) in [7, 11) is 1.59. The van der Waals surface area contributed by atoms with Gasteiger partial charge in [-0.3, -0.25) is 4.79 Å². The molecule has 0 aromatic heterocycles. The van der Waals surface area contributed by atoms with Crippen LogP contribution in [0.3, 0.4) is 0 Å². The first kappa shape index (κ1) is 14.5. The molecule has 0 spiro atoms. The van der Waals surface area contributed by atoms with Gasteiger partial charge in [-0.1, -0.05) is 12.1 Å². The van der Waals surface area contributed by atoms with Gasteiger partial charge in [0.2, 0.25) is 5.91 Å². The number of ether oxygens (including phenoxy) is 1. The largest absolute Gasteiger partial charge is 0.497 e. The van der Waals surface area contributed by atoms with Crippen LogP contribution < -0.4 is 10.1 Å². The van der Waals surface area contributed by atoms with Crippen LogP contribution in [0.4, 0.5) is 10.1 Å². The number of hydrogen-bond donors (Lipinski definition) is 1. The molecule has 2 aromatic rings. The van der Waals surface area contributed by atoms with E-state index in [1.807, 2.05) is 12.1 Å². The molecule has 0 fully saturated rings. The molecular formula is C15H13BrFNO2. The third-order valence-corrected chi connectivity index (χ3v) is 3.33. The first-order chi connectivity index (χ1) is 9.58. The minimum atomic E-state index is -0.363. The minimum absolute atomic E-state index is 0.159. The molecule has 1 N–H and O–H groups in total. The molecule has 2 aromatic carbocycles. The van der Waals surface area contributed by atoms with E-state index in [2.05, 4.69) is 21.2 Å². The van der Waals surface area contributed by atoms with Gasteiger partial charge in [0.1, 0.15) is 11.6 Å². The summed E-state index contributed by atoms with van der Waals surface area (Å²) in [6, 6.07) is 11.6. The molecule has 0 unspecified atom stereocenters. The Morgan fingerprint density at radius 3 is 2.55 bits per heavy atom. The fraction of sp³-hybridized carbons (Fsp3) is 0.133. The Bertz CT molecular complexity index is 614. The lowest BCUT2D eigenvalue weighted by molar-refractivity contribution is -0.115. The second-order valence-electron chi connectivity index (χ2n) is 4.20. The molecule has 0 aliphatic carbocycles. The Balaban J connectivity index is 1.99. The van der Waals surface area contributed by atoms with E-state index in [-0.39, 0.29) is 18.1 Å². The van der Waals surface area contributed by atoms with E-state index in [1.54, 1.807) is 19.2 Å². The number of anilines is 1. The molecule has 2 rings (SSSR count). The van der Waals surface area contributed by atoms with Crippen LogP contribution in [0.15, 0.2) is 46.9 Å². The Kier molecular flexibility index (Phi) is 4.74. The van der Waals surface area contributed by atoms with Crippen molar-refractivity contribution in [3.8, 4) is 5.75 Å². The van der Waals surface area contributed by atoms with Crippen molar-refractivity contribution in [1.29, 1.82) is 0 Å². The van der Waals surface area contributed by atoms with E-state index >= 15 is 0 Å². The zero-order chi connectivity index (χ0) is 14.5. The molecule has 0 aliphatic heterocycles. The number of methoxy groups -OCH3 is 1. The van der Waals surface area contributed by atoms with Crippen LogP contribution >= 0.6 is 15.9 Å². The molecule has 0 radical (unpaired) electrons. The predicted octanol–water partition coefficient (Wildman–Crippen LogP) is 3.78. The highest BCUT2D eigenvalue weighted by Crippen LogP contribution is 2.20. The summed E-state index contributed by atoms with van der Waals surface area (Å²) in [4.78, 5) is 11.9. The van der Waals surface area contributed by atoms with E-state index in [1.165, 1.54) is 18.2 Å². The average Bonchev–Trinajstić information content (AvgIpc) is 2.44. The second kappa shape index (κ2) is 6.52. The Hall–Kier alpha value is -1.88. The van der Waals surface area contributed by atoms with Gasteiger partial charge in [0.25, 0.3) is 0 Å². The summed E-state index contributed by atoms with van der Waals surface area (Å²) in [5.74, 6) is 0.225. The molecule has 0 atom stereocenters. The topological polar surface area (TPSA) is 38.3 Å². The highest BCUT2D eigenvalue weighted by molar-refractivity contribution is 9.10. The van der Waals surface area contributed by atoms with Crippen molar-refractivity contribution in [2.24, 2.45) is 0 Å². The molecule has 3 nitrogen and oxygen atoms in total. The fourth-order valence-electron chi connectivity index (χ4n) is 1.71. The number of hydrogen-bond acceptors (Lipinski definition) is 2. The van der Waals surface area contributed by atoms with Crippen molar-refractivity contribution in [1.82, 2.24) is 0 Å². The van der Waals surface area contributed by atoms with Gasteiger partial charge in [-0.05, 0) is 51.8 Å². The molecule has 20 heavy (non-hydrogen) atoms. The smallest absolute Gasteiger partial charge is 0.228 e. The number of benzene rings is 2. The van der Waals surface area contributed by atoms with Crippen LogP contribution in [0.2, 0.25) is 0 Å². The molecule has 0 aliphatic rings. The molecule has 1 amide bonds. The van der Waals surface area contributed by atoms with E-state index in [9.17, 15) is 9.18 Å². The molecular weight excluding hydrogens is 325 g/mol. The Morgan fingerprint density at radius 2 is 1.95 bits per heavy atom. The summed E-state index contributed by atoms with van der Waals surface area (Å²) >= 11 is 3.08. The van der Waals surface area contributed by atoms with Crippen LogP contribution in [0, 0.1) is 5.82 Å². The van der Waals surface area contributed by atoms with Crippen LogP contribution in [0.5, 0.6) is 5.75 Å².